The first-order chi connectivity index (χ1) is 13.5. The third kappa shape index (κ3) is 3.31. The Kier molecular flexibility index (Phi) is 4.73. The Labute approximate surface area is 161 Å². The number of nitrogens with zero attached hydrogens (tertiary/aromatic N) is 3. The molecule has 28 heavy (non-hydrogen) atoms. The van der Waals surface area contributed by atoms with Crippen molar-refractivity contribution in [1.82, 2.24) is 19.5 Å². The lowest BCUT2D eigenvalue weighted by molar-refractivity contribution is -0.121. The average Bonchev–Trinajstić information content (AvgIpc) is 3.26. The number of furan rings is 1. The number of carbonyl (C=O) groups excluding carboxylic acids is 1. The van der Waals surface area contributed by atoms with Crippen molar-refractivity contribution < 1.29 is 9.21 Å². The molecule has 144 valence electrons. The zero-order valence-corrected chi connectivity index (χ0v) is 15.9. The third-order valence-electron chi connectivity index (χ3n) is 4.98. The molecule has 0 fully saturated rings. The number of aromatic nitrogens is 3. The summed E-state index contributed by atoms with van der Waals surface area (Å²) in [7, 11) is 0. The van der Waals surface area contributed by atoms with Crippen molar-refractivity contribution in [2.75, 3.05) is 0 Å². The maximum absolute atomic E-state index is 12.7. The van der Waals surface area contributed by atoms with E-state index in [1.54, 1.807) is 16.7 Å². The van der Waals surface area contributed by atoms with Gasteiger partial charge in [0.1, 0.15) is 11.3 Å². The highest BCUT2D eigenvalue weighted by atomic mass is 16.3. The molecule has 3 aromatic heterocycles. The van der Waals surface area contributed by atoms with Crippen LogP contribution in [0.3, 0.4) is 0 Å². The summed E-state index contributed by atoms with van der Waals surface area (Å²) in [6, 6.07) is 11.5. The summed E-state index contributed by atoms with van der Waals surface area (Å²) in [5, 5.41) is 7.33. The molecule has 1 aromatic carbocycles. The maximum Gasteiger partial charge on any atom is 0.291 e. The first-order valence-electron chi connectivity index (χ1n) is 9.32. The molecule has 0 aliphatic heterocycles. The molecule has 0 unspecified atom stereocenters. The molecule has 0 radical (unpaired) electrons. The van der Waals surface area contributed by atoms with Crippen LogP contribution in [0.2, 0.25) is 0 Å². The number of hydrogen-bond donors (Lipinski definition) is 1. The fourth-order valence-electron chi connectivity index (χ4n) is 3.46. The summed E-state index contributed by atoms with van der Waals surface area (Å²) in [5.41, 5.74) is 4.10. The molecular formula is C21H22N4O3. The molecule has 1 amide bonds. The van der Waals surface area contributed by atoms with E-state index in [0.29, 0.717) is 42.9 Å². The molecule has 0 saturated heterocycles. The van der Waals surface area contributed by atoms with Gasteiger partial charge in [0.05, 0.1) is 11.8 Å². The Hall–Kier alpha value is -3.35. The van der Waals surface area contributed by atoms with Gasteiger partial charge in [0, 0.05) is 31.6 Å². The summed E-state index contributed by atoms with van der Waals surface area (Å²) < 4.78 is 8.61. The molecule has 4 aromatic rings. The lowest BCUT2D eigenvalue weighted by atomic mass is 10.1. The van der Waals surface area contributed by atoms with E-state index in [2.05, 4.69) is 10.4 Å². The van der Waals surface area contributed by atoms with Gasteiger partial charge in [-0.2, -0.15) is 5.10 Å². The summed E-state index contributed by atoms with van der Waals surface area (Å²) >= 11 is 0. The molecule has 1 N–H and O–H groups in total. The molecule has 7 nitrogen and oxygen atoms in total. The van der Waals surface area contributed by atoms with E-state index >= 15 is 0 Å². The van der Waals surface area contributed by atoms with Crippen molar-refractivity contribution in [2.45, 2.75) is 39.8 Å². The summed E-state index contributed by atoms with van der Waals surface area (Å²) in [6.07, 6.45) is 2.48. The lowest BCUT2D eigenvalue weighted by Crippen LogP contribution is -2.28. The maximum atomic E-state index is 12.7. The van der Waals surface area contributed by atoms with Crippen LogP contribution in [0, 0.1) is 13.8 Å². The zero-order valence-electron chi connectivity index (χ0n) is 15.9. The Balaban J connectivity index is 1.40. The summed E-state index contributed by atoms with van der Waals surface area (Å²) in [4.78, 5) is 24.8. The van der Waals surface area contributed by atoms with E-state index in [0.717, 1.165) is 16.6 Å². The van der Waals surface area contributed by atoms with Gasteiger partial charge in [-0.25, -0.2) is 4.68 Å². The predicted octanol–water partition coefficient (Wildman–Crippen LogP) is 2.96. The van der Waals surface area contributed by atoms with Crippen molar-refractivity contribution in [1.29, 1.82) is 0 Å². The van der Waals surface area contributed by atoms with Crippen LogP contribution in [-0.4, -0.2) is 20.1 Å². The topological polar surface area (TPSA) is 81.5 Å². The minimum Gasteiger partial charge on any atom is -0.463 e. The summed E-state index contributed by atoms with van der Waals surface area (Å²) in [5.74, 6) is 0.671. The van der Waals surface area contributed by atoms with Crippen molar-refractivity contribution in [3.05, 3.63) is 70.0 Å². The monoisotopic (exact) mass is 378 g/mol. The van der Waals surface area contributed by atoms with Gasteiger partial charge in [-0.05, 0) is 31.4 Å². The first-order valence-corrected chi connectivity index (χ1v) is 9.32. The molecule has 0 atom stereocenters. The molecular weight excluding hydrogens is 356 g/mol. The van der Waals surface area contributed by atoms with Gasteiger partial charge < -0.3 is 9.73 Å². The third-order valence-corrected chi connectivity index (χ3v) is 4.98. The van der Waals surface area contributed by atoms with Crippen LogP contribution < -0.4 is 10.9 Å². The molecule has 0 bridgehead atoms. The van der Waals surface area contributed by atoms with Crippen LogP contribution in [0.5, 0.6) is 0 Å². The van der Waals surface area contributed by atoms with E-state index in [-0.39, 0.29) is 11.5 Å². The van der Waals surface area contributed by atoms with E-state index in [1.807, 2.05) is 44.2 Å². The van der Waals surface area contributed by atoms with Crippen LogP contribution in [0.15, 0.2) is 51.9 Å². The van der Waals surface area contributed by atoms with Crippen LogP contribution in [-0.2, 0) is 17.9 Å². The van der Waals surface area contributed by atoms with Crippen LogP contribution in [0.1, 0.15) is 29.8 Å². The van der Waals surface area contributed by atoms with Gasteiger partial charge in [-0.3, -0.25) is 14.0 Å². The predicted molar refractivity (Wildman–Crippen MR) is 106 cm³/mol. The quantitative estimate of drug-likeness (QED) is 0.559. The molecule has 0 spiro atoms. The van der Waals surface area contributed by atoms with E-state index < -0.39 is 0 Å². The molecule has 4 rings (SSSR count). The standard InChI is InChI=1S/C21H22N4O3/c1-14-6-3-4-7-16(14)13-22-20(26)8-5-10-24-21(27)18-12-19-17(9-11-28-19)25(18)15(2)23-24/h3-4,6-7,9,11-12H,5,8,10,13H2,1-2H3,(H,22,26). The highest BCUT2D eigenvalue weighted by Crippen LogP contribution is 2.20. The Morgan fingerprint density at radius 2 is 2.00 bits per heavy atom. The van der Waals surface area contributed by atoms with Gasteiger partial charge in [0.2, 0.25) is 5.91 Å². The van der Waals surface area contributed by atoms with E-state index in [4.69, 9.17) is 4.42 Å². The second-order valence-corrected chi connectivity index (χ2v) is 6.92. The fraction of sp³-hybridized carbons (Fsp3) is 0.286. The second kappa shape index (κ2) is 7.34. The van der Waals surface area contributed by atoms with Crippen molar-refractivity contribution >= 4 is 22.5 Å². The Bertz CT molecular complexity index is 1220. The second-order valence-electron chi connectivity index (χ2n) is 6.92. The number of fused-ring (bicyclic) bond motifs is 3. The number of rotatable bonds is 6. The Morgan fingerprint density at radius 1 is 1.18 bits per heavy atom. The molecule has 3 heterocycles. The number of benzene rings is 1. The van der Waals surface area contributed by atoms with Gasteiger partial charge in [0.15, 0.2) is 5.58 Å². The largest absolute Gasteiger partial charge is 0.463 e. The van der Waals surface area contributed by atoms with Crippen molar-refractivity contribution in [3.8, 4) is 0 Å². The van der Waals surface area contributed by atoms with E-state index in [1.165, 1.54) is 4.68 Å². The normalized spacial score (nSPS) is 11.4. The number of carbonyl (C=O) groups is 1. The summed E-state index contributed by atoms with van der Waals surface area (Å²) in [6.45, 7) is 4.78. The van der Waals surface area contributed by atoms with Gasteiger partial charge in [-0.15, -0.1) is 0 Å². The lowest BCUT2D eigenvalue weighted by Gasteiger charge is -2.09. The molecule has 7 heteroatoms. The van der Waals surface area contributed by atoms with E-state index in [9.17, 15) is 9.59 Å². The first kappa shape index (κ1) is 18.0. The van der Waals surface area contributed by atoms with Gasteiger partial charge in [-0.1, -0.05) is 24.3 Å². The average molecular weight is 378 g/mol. The fourth-order valence-corrected chi connectivity index (χ4v) is 3.46. The highest BCUT2D eigenvalue weighted by molar-refractivity contribution is 5.82. The van der Waals surface area contributed by atoms with Crippen LogP contribution >= 0.6 is 0 Å². The highest BCUT2D eigenvalue weighted by Gasteiger charge is 2.14. The van der Waals surface area contributed by atoms with Crippen molar-refractivity contribution in [2.24, 2.45) is 0 Å². The van der Waals surface area contributed by atoms with Crippen LogP contribution in [0.4, 0.5) is 0 Å². The number of amides is 1. The number of aryl methyl sites for hydroxylation is 3. The molecule has 0 saturated carbocycles. The van der Waals surface area contributed by atoms with Gasteiger partial charge in [0.25, 0.3) is 5.56 Å². The molecule has 0 aliphatic carbocycles. The number of nitrogens with one attached hydrogen (secondary N) is 1. The zero-order chi connectivity index (χ0) is 19.7. The minimum atomic E-state index is -0.183. The van der Waals surface area contributed by atoms with Crippen LogP contribution in [0.25, 0.3) is 16.6 Å². The van der Waals surface area contributed by atoms with Crippen molar-refractivity contribution in [3.63, 3.8) is 0 Å². The number of hydrogen-bond acceptors (Lipinski definition) is 4. The Morgan fingerprint density at radius 3 is 2.82 bits per heavy atom. The minimum absolute atomic E-state index is 0.0331. The van der Waals surface area contributed by atoms with Gasteiger partial charge >= 0.3 is 0 Å². The molecule has 0 aliphatic rings. The SMILES string of the molecule is Cc1ccccc1CNC(=O)CCCn1nc(C)n2c(cc3occc32)c1=O. The smallest absolute Gasteiger partial charge is 0.291 e.